The first kappa shape index (κ1) is 19.0. The van der Waals surface area contributed by atoms with Gasteiger partial charge in [0.15, 0.2) is 0 Å². The van der Waals surface area contributed by atoms with Gasteiger partial charge in [0.05, 0.1) is 0 Å². The summed E-state index contributed by atoms with van der Waals surface area (Å²) in [6.45, 7) is 2.08. The van der Waals surface area contributed by atoms with Crippen LogP contribution in [0.3, 0.4) is 0 Å². The van der Waals surface area contributed by atoms with Crippen molar-refractivity contribution in [1.29, 1.82) is 0 Å². The Morgan fingerprint density at radius 2 is 1.26 bits per heavy atom. The molecular weight excluding hydrogens is 380 g/mol. The number of nitrogens with zero attached hydrogens (tertiary/aromatic N) is 2. The summed E-state index contributed by atoms with van der Waals surface area (Å²) in [4.78, 5) is 0. The highest BCUT2D eigenvalue weighted by Gasteiger charge is 2.12. The lowest BCUT2D eigenvalue weighted by atomic mass is 10.0. The molecule has 0 atom stereocenters. The number of hydrogen-bond acceptors (Lipinski definition) is 3. The minimum absolute atomic E-state index is 0.516. The summed E-state index contributed by atoms with van der Waals surface area (Å²) in [5, 5.41) is 10.9. The first-order valence-electron chi connectivity index (χ1n) is 10.4. The van der Waals surface area contributed by atoms with Crippen molar-refractivity contribution in [2.24, 2.45) is 0 Å². The molecule has 1 aromatic heterocycles. The van der Waals surface area contributed by atoms with Crippen molar-refractivity contribution in [2.45, 2.75) is 13.3 Å². The Hall–Kier alpha value is -3.98. The molecule has 3 heteroatoms. The van der Waals surface area contributed by atoms with Gasteiger partial charge in [0.2, 0.25) is 5.88 Å². The summed E-state index contributed by atoms with van der Waals surface area (Å²) >= 11 is 0. The number of hydrogen-bond donors (Lipinski definition) is 0. The van der Waals surface area contributed by atoms with Gasteiger partial charge in [-0.15, -0.1) is 10.2 Å². The van der Waals surface area contributed by atoms with Crippen LogP contribution in [-0.4, -0.2) is 10.2 Å². The van der Waals surface area contributed by atoms with Crippen LogP contribution in [0.2, 0.25) is 0 Å². The lowest BCUT2D eigenvalue weighted by molar-refractivity contribution is 0.462. The van der Waals surface area contributed by atoms with Gasteiger partial charge in [-0.2, -0.15) is 0 Å². The van der Waals surface area contributed by atoms with Crippen molar-refractivity contribution in [1.82, 2.24) is 10.2 Å². The molecule has 0 aliphatic rings. The predicted octanol–water partition coefficient (Wildman–Crippen LogP) is 6.99. The number of aryl methyl sites for hydroxylation is 1. The zero-order valence-corrected chi connectivity index (χ0v) is 17.3. The highest BCUT2D eigenvalue weighted by atomic mass is 16.5. The van der Waals surface area contributed by atoms with Crippen LogP contribution in [0.15, 0.2) is 103 Å². The predicted molar refractivity (Wildman–Crippen MR) is 125 cm³/mol. The largest absolute Gasteiger partial charge is 0.437 e. The third kappa shape index (κ3) is 4.17. The van der Waals surface area contributed by atoms with Crippen LogP contribution in [0.1, 0.15) is 16.7 Å². The zero-order valence-electron chi connectivity index (χ0n) is 17.3. The van der Waals surface area contributed by atoms with Crippen molar-refractivity contribution in [3.63, 3.8) is 0 Å². The monoisotopic (exact) mass is 402 g/mol. The average molecular weight is 402 g/mol. The minimum Gasteiger partial charge on any atom is -0.437 e. The quantitative estimate of drug-likeness (QED) is 0.318. The van der Waals surface area contributed by atoms with E-state index >= 15 is 0 Å². The highest BCUT2D eigenvalue weighted by molar-refractivity contribution is 5.97. The summed E-state index contributed by atoms with van der Waals surface area (Å²) in [7, 11) is 0. The third-order valence-electron chi connectivity index (χ3n) is 5.37. The molecule has 0 spiro atoms. The molecule has 0 saturated carbocycles. The fourth-order valence-corrected chi connectivity index (χ4v) is 3.70. The summed E-state index contributed by atoms with van der Waals surface area (Å²) in [5.74, 6) is 1.27. The second kappa shape index (κ2) is 8.41. The van der Waals surface area contributed by atoms with E-state index < -0.39 is 0 Å². The number of rotatable bonds is 5. The molecule has 5 rings (SSSR count). The Morgan fingerprint density at radius 1 is 0.613 bits per heavy atom. The third-order valence-corrected chi connectivity index (χ3v) is 5.37. The summed E-state index contributed by atoms with van der Waals surface area (Å²) in [6, 6.07) is 35.1. The van der Waals surface area contributed by atoms with Crippen molar-refractivity contribution in [3.05, 3.63) is 120 Å². The Balaban J connectivity index is 1.43. The molecule has 0 saturated heterocycles. The summed E-state index contributed by atoms with van der Waals surface area (Å²) < 4.78 is 6.13. The van der Waals surface area contributed by atoms with E-state index in [1.165, 1.54) is 16.7 Å². The maximum absolute atomic E-state index is 6.13. The number of fused-ring (bicyclic) bond motifs is 1. The lowest BCUT2D eigenvalue weighted by Crippen LogP contribution is -1.96. The van der Waals surface area contributed by atoms with Gasteiger partial charge >= 0.3 is 0 Å². The van der Waals surface area contributed by atoms with E-state index in [0.29, 0.717) is 5.88 Å². The van der Waals surface area contributed by atoms with Crippen molar-refractivity contribution in [2.75, 3.05) is 0 Å². The van der Waals surface area contributed by atoms with Gasteiger partial charge in [0.1, 0.15) is 11.4 Å². The normalized spacial score (nSPS) is 10.9. The molecule has 0 aliphatic carbocycles. The second-order valence-corrected chi connectivity index (χ2v) is 7.67. The minimum atomic E-state index is 0.516. The van der Waals surface area contributed by atoms with E-state index in [1.54, 1.807) is 0 Å². The molecule has 0 bridgehead atoms. The molecule has 0 unspecified atom stereocenters. The van der Waals surface area contributed by atoms with Crippen LogP contribution in [0.4, 0.5) is 0 Å². The molecule has 150 valence electrons. The van der Waals surface area contributed by atoms with E-state index in [1.807, 2.05) is 36.4 Å². The van der Waals surface area contributed by atoms with E-state index in [9.17, 15) is 0 Å². The van der Waals surface area contributed by atoms with E-state index in [-0.39, 0.29) is 0 Å². The SMILES string of the molecule is Cc1ccc(-c2nnc(Oc3ccc(Cc4ccccc4)cc3)c3ccccc23)cc1. The Morgan fingerprint density at radius 3 is 2.00 bits per heavy atom. The van der Waals surface area contributed by atoms with Gasteiger partial charge < -0.3 is 4.74 Å². The lowest BCUT2D eigenvalue weighted by Gasteiger charge is -2.11. The fraction of sp³-hybridized carbons (Fsp3) is 0.0714. The van der Waals surface area contributed by atoms with E-state index in [2.05, 4.69) is 83.9 Å². The smallest absolute Gasteiger partial charge is 0.246 e. The molecule has 0 N–H and O–H groups in total. The van der Waals surface area contributed by atoms with Crippen LogP contribution >= 0.6 is 0 Å². The average Bonchev–Trinajstić information content (AvgIpc) is 2.82. The van der Waals surface area contributed by atoms with Crippen LogP contribution in [0, 0.1) is 6.92 Å². The fourth-order valence-electron chi connectivity index (χ4n) is 3.70. The van der Waals surface area contributed by atoms with Crippen LogP contribution in [0.25, 0.3) is 22.0 Å². The van der Waals surface area contributed by atoms with Gasteiger partial charge in [-0.05, 0) is 42.7 Å². The van der Waals surface area contributed by atoms with E-state index in [4.69, 9.17) is 4.74 Å². The number of aromatic nitrogens is 2. The summed E-state index contributed by atoms with van der Waals surface area (Å²) in [5.41, 5.74) is 5.66. The van der Waals surface area contributed by atoms with Crippen LogP contribution < -0.4 is 4.74 Å². The molecule has 0 aliphatic heterocycles. The summed E-state index contributed by atoms with van der Waals surface area (Å²) in [6.07, 6.45) is 0.898. The Kier molecular flexibility index (Phi) is 5.16. The topological polar surface area (TPSA) is 35.0 Å². The highest BCUT2D eigenvalue weighted by Crippen LogP contribution is 2.33. The van der Waals surface area contributed by atoms with Crippen molar-refractivity contribution in [3.8, 4) is 22.9 Å². The van der Waals surface area contributed by atoms with Crippen molar-refractivity contribution < 1.29 is 4.74 Å². The van der Waals surface area contributed by atoms with Gasteiger partial charge in [-0.3, -0.25) is 0 Å². The van der Waals surface area contributed by atoms with E-state index in [0.717, 1.165) is 34.2 Å². The molecule has 4 aromatic carbocycles. The molecule has 0 amide bonds. The van der Waals surface area contributed by atoms with Crippen LogP contribution in [-0.2, 0) is 6.42 Å². The first-order chi connectivity index (χ1) is 15.3. The van der Waals surface area contributed by atoms with Gasteiger partial charge in [-0.25, -0.2) is 0 Å². The zero-order chi connectivity index (χ0) is 21.0. The van der Waals surface area contributed by atoms with Crippen LogP contribution in [0.5, 0.6) is 11.6 Å². The Bertz CT molecular complexity index is 1310. The first-order valence-corrected chi connectivity index (χ1v) is 10.4. The molecule has 5 aromatic rings. The number of benzene rings is 4. The molecular formula is C28H22N2O. The van der Waals surface area contributed by atoms with Crippen molar-refractivity contribution >= 4 is 10.8 Å². The second-order valence-electron chi connectivity index (χ2n) is 7.67. The van der Waals surface area contributed by atoms with Gasteiger partial charge in [0, 0.05) is 16.3 Å². The molecule has 3 nitrogen and oxygen atoms in total. The van der Waals surface area contributed by atoms with Gasteiger partial charge in [-0.1, -0.05) is 90.5 Å². The number of ether oxygens (including phenoxy) is 1. The molecule has 1 heterocycles. The molecule has 0 radical (unpaired) electrons. The molecule has 31 heavy (non-hydrogen) atoms. The maximum Gasteiger partial charge on any atom is 0.246 e. The molecule has 0 fully saturated rings. The maximum atomic E-state index is 6.13. The standard InChI is InChI=1S/C28H22N2O/c1-20-11-15-23(16-12-20)27-25-9-5-6-10-26(25)28(30-29-27)31-24-17-13-22(14-18-24)19-21-7-3-2-4-8-21/h2-18H,19H2,1H3. The van der Waals surface area contributed by atoms with Gasteiger partial charge in [0.25, 0.3) is 0 Å². The Labute approximate surface area is 182 Å².